The van der Waals surface area contributed by atoms with Gasteiger partial charge in [-0.2, -0.15) is 16.7 Å². The number of aromatic nitrogens is 2. The molecule has 21 heavy (non-hydrogen) atoms. The summed E-state index contributed by atoms with van der Waals surface area (Å²) in [6.45, 7) is 0. The zero-order valence-electron chi connectivity index (χ0n) is 11.8. The molecule has 1 aliphatic heterocycles. The maximum atomic E-state index is 13.4. The van der Waals surface area contributed by atoms with Gasteiger partial charge < -0.3 is 14.6 Å². The van der Waals surface area contributed by atoms with E-state index >= 15 is 0 Å². The molecule has 0 aliphatic carbocycles. The van der Waals surface area contributed by atoms with Crippen molar-refractivity contribution in [3.63, 3.8) is 0 Å². The molecule has 1 saturated heterocycles. The lowest BCUT2D eigenvalue weighted by Crippen LogP contribution is -2.31. The summed E-state index contributed by atoms with van der Waals surface area (Å²) >= 11 is 1.86. The molecule has 0 saturated carbocycles. The minimum Gasteiger partial charge on any atom is -0.494 e. The Bertz CT molecular complexity index is 634. The molecule has 2 aromatic rings. The number of hydrogen-bond donors (Lipinski definition) is 1. The third-order valence-electron chi connectivity index (χ3n) is 3.62. The molecule has 1 aliphatic rings. The quantitative estimate of drug-likeness (QED) is 0.935. The van der Waals surface area contributed by atoms with Crippen LogP contribution in [-0.4, -0.2) is 41.8 Å². The molecule has 3 rings (SSSR count). The highest BCUT2D eigenvalue weighted by molar-refractivity contribution is 7.99. The first-order chi connectivity index (χ1) is 10.2. The van der Waals surface area contributed by atoms with Gasteiger partial charge in [-0.25, -0.2) is 4.39 Å². The molecule has 1 aromatic carbocycles. The lowest BCUT2D eigenvalue weighted by atomic mass is 10.0. The predicted molar refractivity (Wildman–Crippen MR) is 79.2 cm³/mol. The summed E-state index contributed by atoms with van der Waals surface area (Å²) in [5, 5.41) is 7.27. The van der Waals surface area contributed by atoms with Crippen LogP contribution in [-0.2, 0) is 0 Å². The first-order valence-corrected chi connectivity index (χ1v) is 7.81. The monoisotopic (exact) mass is 309 g/mol. The number of benzene rings is 1. The van der Waals surface area contributed by atoms with Crippen molar-refractivity contribution in [3.8, 4) is 17.1 Å². The summed E-state index contributed by atoms with van der Waals surface area (Å²) in [5.41, 5.74) is 0.676. The van der Waals surface area contributed by atoms with Crippen LogP contribution in [0.4, 0.5) is 4.39 Å². The van der Waals surface area contributed by atoms with E-state index in [0.717, 1.165) is 11.5 Å². The summed E-state index contributed by atoms with van der Waals surface area (Å²) in [7, 11) is 3.36. The van der Waals surface area contributed by atoms with Crippen LogP contribution >= 0.6 is 11.8 Å². The number of nitrogens with one attached hydrogen (secondary N) is 1. The van der Waals surface area contributed by atoms with Gasteiger partial charge in [0.1, 0.15) is 0 Å². The van der Waals surface area contributed by atoms with Crippen LogP contribution in [0.25, 0.3) is 11.4 Å². The number of rotatable bonds is 4. The van der Waals surface area contributed by atoms with Gasteiger partial charge in [0.15, 0.2) is 11.6 Å². The fraction of sp³-hybridized carbons (Fsp3) is 0.429. The maximum absolute atomic E-state index is 13.4. The van der Waals surface area contributed by atoms with Crippen molar-refractivity contribution in [1.29, 1.82) is 0 Å². The summed E-state index contributed by atoms with van der Waals surface area (Å²) in [4.78, 5) is 4.46. The number of methoxy groups -OCH3 is 1. The molecular weight excluding hydrogens is 293 g/mol. The minimum absolute atomic E-state index is 0.170. The third kappa shape index (κ3) is 2.75. The van der Waals surface area contributed by atoms with Crippen molar-refractivity contribution in [2.24, 2.45) is 0 Å². The first kappa shape index (κ1) is 14.3. The van der Waals surface area contributed by atoms with Crippen LogP contribution in [0.5, 0.6) is 5.75 Å². The SMILES string of the molecule is CNC1CSCC1c1nc(-c2ccc(F)c(OC)c2)no1. The Hall–Kier alpha value is -1.60. The average molecular weight is 309 g/mol. The van der Waals surface area contributed by atoms with Gasteiger partial charge in [0.25, 0.3) is 0 Å². The Morgan fingerprint density at radius 1 is 1.43 bits per heavy atom. The van der Waals surface area contributed by atoms with E-state index in [-0.39, 0.29) is 11.7 Å². The van der Waals surface area contributed by atoms with Crippen molar-refractivity contribution in [1.82, 2.24) is 15.5 Å². The van der Waals surface area contributed by atoms with Crippen LogP contribution in [0.2, 0.25) is 0 Å². The Kier molecular flexibility index (Phi) is 4.12. The van der Waals surface area contributed by atoms with Crippen LogP contribution in [0.1, 0.15) is 11.8 Å². The normalized spacial score (nSPS) is 21.7. The Morgan fingerprint density at radius 2 is 2.29 bits per heavy atom. The average Bonchev–Trinajstić information content (AvgIpc) is 3.16. The number of ether oxygens (including phenoxy) is 1. The molecule has 5 nitrogen and oxygen atoms in total. The van der Waals surface area contributed by atoms with E-state index in [4.69, 9.17) is 9.26 Å². The second-order valence-corrected chi connectivity index (χ2v) is 5.92. The maximum Gasteiger partial charge on any atom is 0.232 e. The van der Waals surface area contributed by atoms with Crippen LogP contribution in [0.3, 0.4) is 0 Å². The first-order valence-electron chi connectivity index (χ1n) is 6.65. The molecule has 1 fully saturated rings. The fourth-order valence-corrected chi connectivity index (χ4v) is 3.80. The van der Waals surface area contributed by atoms with Gasteiger partial charge in [0, 0.05) is 23.1 Å². The van der Waals surface area contributed by atoms with Gasteiger partial charge in [0.2, 0.25) is 11.7 Å². The second kappa shape index (κ2) is 6.03. The molecule has 2 heterocycles. The topological polar surface area (TPSA) is 60.2 Å². The zero-order chi connectivity index (χ0) is 14.8. The van der Waals surface area contributed by atoms with Crippen molar-refractivity contribution in [3.05, 3.63) is 29.9 Å². The molecule has 2 atom stereocenters. The zero-order valence-corrected chi connectivity index (χ0v) is 12.6. The molecule has 0 amide bonds. The molecule has 112 valence electrons. The van der Waals surface area contributed by atoms with E-state index in [1.54, 1.807) is 12.1 Å². The number of likely N-dealkylation sites (N-methyl/N-ethyl adjacent to an activating group) is 1. The second-order valence-electron chi connectivity index (χ2n) is 4.84. The molecule has 0 spiro atoms. The van der Waals surface area contributed by atoms with Gasteiger partial charge in [-0.15, -0.1) is 0 Å². The highest BCUT2D eigenvalue weighted by Crippen LogP contribution is 2.33. The van der Waals surface area contributed by atoms with Crippen LogP contribution < -0.4 is 10.1 Å². The van der Waals surface area contributed by atoms with Crippen molar-refractivity contribution < 1.29 is 13.7 Å². The summed E-state index contributed by atoms with van der Waals surface area (Å²) in [5.74, 6) is 3.04. The summed E-state index contributed by atoms with van der Waals surface area (Å²) in [6, 6.07) is 4.87. The van der Waals surface area contributed by atoms with Crippen LogP contribution in [0, 0.1) is 5.82 Å². The number of hydrogen-bond acceptors (Lipinski definition) is 6. The number of halogens is 1. The van der Waals surface area contributed by atoms with Gasteiger partial charge in [-0.05, 0) is 25.2 Å². The molecule has 2 unspecified atom stereocenters. The molecule has 0 radical (unpaired) electrons. The smallest absolute Gasteiger partial charge is 0.232 e. The van der Waals surface area contributed by atoms with Gasteiger partial charge in [-0.3, -0.25) is 0 Å². The molecule has 7 heteroatoms. The van der Waals surface area contributed by atoms with Gasteiger partial charge in [0.05, 0.1) is 13.0 Å². The van der Waals surface area contributed by atoms with E-state index < -0.39 is 5.82 Å². The van der Waals surface area contributed by atoms with Crippen molar-refractivity contribution >= 4 is 11.8 Å². The molecular formula is C14H16FN3O2S. The molecule has 1 aromatic heterocycles. The lowest BCUT2D eigenvalue weighted by molar-refractivity contribution is 0.344. The fourth-order valence-electron chi connectivity index (χ4n) is 2.38. The highest BCUT2D eigenvalue weighted by Gasteiger charge is 2.32. The van der Waals surface area contributed by atoms with E-state index in [1.807, 2.05) is 18.8 Å². The Balaban J connectivity index is 1.88. The van der Waals surface area contributed by atoms with Crippen LogP contribution in [0.15, 0.2) is 22.7 Å². The van der Waals surface area contributed by atoms with E-state index in [9.17, 15) is 4.39 Å². The molecule has 0 bridgehead atoms. The van der Waals surface area contributed by atoms with E-state index in [2.05, 4.69) is 15.5 Å². The molecule has 1 N–H and O–H groups in total. The highest BCUT2D eigenvalue weighted by atomic mass is 32.2. The van der Waals surface area contributed by atoms with Gasteiger partial charge >= 0.3 is 0 Å². The lowest BCUT2D eigenvalue weighted by Gasteiger charge is -2.13. The Labute approximate surface area is 126 Å². The Morgan fingerprint density at radius 3 is 3.05 bits per heavy atom. The van der Waals surface area contributed by atoms with Gasteiger partial charge in [-0.1, -0.05) is 5.16 Å². The standard InChI is InChI=1S/C14H16FN3O2S/c1-16-11-7-21-6-9(11)14-17-13(18-20-14)8-3-4-10(15)12(5-8)19-2/h3-5,9,11,16H,6-7H2,1-2H3. The van der Waals surface area contributed by atoms with E-state index in [1.165, 1.54) is 13.2 Å². The van der Waals surface area contributed by atoms with Crippen molar-refractivity contribution in [2.45, 2.75) is 12.0 Å². The minimum atomic E-state index is -0.410. The summed E-state index contributed by atoms with van der Waals surface area (Å²) in [6.07, 6.45) is 0. The number of nitrogens with zero attached hydrogens (tertiary/aromatic N) is 2. The predicted octanol–water partition coefficient (Wildman–Crippen LogP) is 2.30. The third-order valence-corrected chi connectivity index (χ3v) is 4.81. The van der Waals surface area contributed by atoms with Crippen molar-refractivity contribution in [2.75, 3.05) is 25.7 Å². The number of thioether (sulfide) groups is 1. The largest absolute Gasteiger partial charge is 0.494 e. The summed E-state index contributed by atoms with van der Waals surface area (Å²) < 4.78 is 23.8. The van der Waals surface area contributed by atoms with E-state index in [0.29, 0.717) is 23.3 Å².